The number of amides is 1. The zero-order chi connectivity index (χ0) is 16.8. The van der Waals surface area contributed by atoms with Crippen molar-refractivity contribution >= 4 is 33.4 Å². The summed E-state index contributed by atoms with van der Waals surface area (Å²) in [4.78, 5) is 11.9. The fourth-order valence-corrected chi connectivity index (χ4v) is 2.77. The van der Waals surface area contributed by atoms with Gasteiger partial charge in [-0.1, -0.05) is 33.6 Å². The van der Waals surface area contributed by atoms with Crippen LogP contribution in [0.15, 0.2) is 40.9 Å². The van der Waals surface area contributed by atoms with Gasteiger partial charge in [0, 0.05) is 23.0 Å². The van der Waals surface area contributed by atoms with Gasteiger partial charge >= 0.3 is 0 Å². The van der Waals surface area contributed by atoms with Crippen molar-refractivity contribution in [1.29, 1.82) is 0 Å². The molecule has 23 heavy (non-hydrogen) atoms. The second kappa shape index (κ2) is 8.31. The van der Waals surface area contributed by atoms with E-state index >= 15 is 0 Å². The van der Waals surface area contributed by atoms with Crippen molar-refractivity contribution in [3.05, 3.63) is 62.8 Å². The van der Waals surface area contributed by atoms with Crippen LogP contribution >= 0.6 is 27.5 Å². The molecule has 0 aliphatic heterocycles. The predicted molar refractivity (Wildman–Crippen MR) is 92.3 cm³/mol. The molecule has 122 valence electrons. The molecular formula is C17H16BrClFNO2. The number of rotatable bonds is 6. The molecule has 0 aliphatic rings. The Labute approximate surface area is 147 Å². The second-order valence-electron chi connectivity index (χ2n) is 4.98. The van der Waals surface area contributed by atoms with Crippen LogP contribution in [0.5, 0.6) is 5.75 Å². The van der Waals surface area contributed by atoms with Gasteiger partial charge in [-0.3, -0.25) is 4.79 Å². The minimum atomic E-state index is -0.338. The standard InChI is InChI=1S/C17H16BrClFNO2/c1-23-16-6-2-11(8-14(16)19)3-7-17(22)21-10-12-9-13(18)4-5-15(12)20/h2,4-6,8-9H,3,7,10H2,1H3,(H,21,22). The molecule has 0 saturated heterocycles. The SMILES string of the molecule is COc1ccc(CCC(=O)NCc2cc(Br)ccc2F)cc1Cl. The first-order valence-corrected chi connectivity index (χ1v) is 8.19. The average molecular weight is 401 g/mol. The van der Waals surface area contributed by atoms with Gasteiger partial charge in [-0.15, -0.1) is 0 Å². The summed E-state index contributed by atoms with van der Waals surface area (Å²) in [5.74, 6) is 0.122. The van der Waals surface area contributed by atoms with E-state index in [1.165, 1.54) is 6.07 Å². The average Bonchev–Trinajstić information content (AvgIpc) is 2.54. The van der Waals surface area contributed by atoms with E-state index in [2.05, 4.69) is 21.2 Å². The van der Waals surface area contributed by atoms with E-state index in [4.69, 9.17) is 16.3 Å². The molecule has 1 amide bonds. The van der Waals surface area contributed by atoms with Gasteiger partial charge in [0.2, 0.25) is 5.91 Å². The number of carbonyl (C=O) groups is 1. The van der Waals surface area contributed by atoms with Crippen molar-refractivity contribution in [1.82, 2.24) is 5.32 Å². The van der Waals surface area contributed by atoms with Gasteiger partial charge in [0.15, 0.2) is 0 Å². The van der Waals surface area contributed by atoms with E-state index in [0.717, 1.165) is 10.0 Å². The van der Waals surface area contributed by atoms with Crippen LogP contribution < -0.4 is 10.1 Å². The van der Waals surface area contributed by atoms with Crippen molar-refractivity contribution < 1.29 is 13.9 Å². The first-order chi connectivity index (χ1) is 11.0. The molecule has 2 aromatic rings. The van der Waals surface area contributed by atoms with E-state index in [1.54, 1.807) is 31.4 Å². The molecule has 0 radical (unpaired) electrons. The molecule has 3 nitrogen and oxygen atoms in total. The number of methoxy groups -OCH3 is 1. The minimum Gasteiger partial charge on any atom is -0.495 e. The maximum Gasteiger partial charge on any atom is 0.220 e. The maximum atomic E-state index is 13.6. The molecule has 0 saturated carbocycles. The Kier molecular flexibility index (Phi) is 6.42. The van der Waals surface area contributed by atoms with E-state index in [9.17, 15) is 9.18 Å². The monoisotopic (exact) mass is 399 g/mol. The number of nitrogens with one attached hydrogen (secondary N) is 1. The highest BCUT2D eigenvalue weighted by Crippen LogP contribution is 2.25. The fourth-order valence-electron chi connectivity index (χ4n) is 2.08. The normalized spacial score (nSPS) is 10.4. The number of ether oxygens (including phenoxy) is 1. The van der Waals surface area contributed by atoms with Crippen molar-refractivity contribution in [2.45, 2.75) is 19.4 Å². The zero-order valence-corrected chi connectivity index (χ0v) is 14.9. The summed E-state index contributed by atoms with van der Waals surface area (Å²) < 4.78 is 19.4. The molecule has 0 atom stereocenters. The van der Waals surface area contributed by atoms with Gasteiger partial charge in [-0.05, 0) is 42.3 Å². The summed E-state index contributed by atoms with van der Waals surface area (Å²) in [5.41, 5.74) is 1.39. The summed E-state index contributed by atoms with van der Waals surface area (Å²) in [7, 11) is 1.55. The summed E-state index contributed by atoms with van der Waals surface area (Å²) in [6.45, 7) is 0.160. The fraction of sp³-hybridized carbons (Fsp3) is 0.235. The lowest BCUT2D eigenvalue weighted by Crippen LogP contribution is -2.23. The van der Waals surface area contributed by atoms with Gasteiger partial charge in [0.05, 0.1) is 12.1 Å². The lowest BCUT2D eigenvalue weighted by molar-refractivity contribution is -0.121. The van der Waals surface area contributed by atoms with E-state index in [1.807, 2.05) is 6.07 Å². The van der Waals surface area contributed by atoms with Crippen LogP contribution in [0.3, 0.4) is 0 Å². The second-order valence-corrected chi connectivity index (χ2v) is 6.30. The molecule has 0 aromatic heterocycles. The Morgan fingerprint density at radius 1 is 1.30 bits per heavy atom. The third-order valence-electron chi connectivity index (χ3n) is 3.34. The molecule has 6 heteroatoms. The van der Waals surface area contributed by atoms with E-state index < -0.39 is 0 Å². The maximum absolute atomic E-state index is 13.6. The van der Waals surface area contributed by atoms with Crippen LogP contribution in [0.4, 0.5) is 4.39 Å². The van der Waals surface area contributed by atoms with E-state index in [0.29, 0.717) is 29.2 Å². The van der Waals surface area contributed by atoms with Crippen LogP contribution in [0, 0.1) is 5.82 Å². The van der Waals surface area contributed by atoms with Crippen molar-refractivity contribution in [2.75, 3.05) is 7.11 Å². The Morgan fingerprint density at radius 3 is 2.78 bits per heavy atom. The van der Waals surface area contributed by atoms with Gasteiger partial charge in [0.1, 0.15) is 11.6 Å². The molecule has 2 rings (SSSR count). The molecule has 2 aromatic carbocycles. The van der Waals surface area contributed by atoms with Crippen molar-refractivity contribution in [3.8, 4) is 5.75 Å². The molecule has 0 aliphatic carbocycles. The summed E-state index contributed by atoms with van der Waals surface area (Å²) in [5, 5.41) is 3.23. The van der Waals surface area contributed by atoms with Gasteiger partial charge < -0.3 is 10.1 Å². The molecule has 0 heterocycles. The summed E-state index contributed by atoms with van der Waals surface area (Å²) >= 11 is 9.33. The topological polar surface area (TPSA) is 38.3 Å². The molecular weight excluding hydrogens is 385 g/mol. The smallest absolute Gasteiger partial charge is 0.220 e. The first kappa shape index (κ1) is 17.8. The Hall–Kier alpha value is -1.59. The first-order valence-electron chi connectivity index (χ1n) is 7.02. The van der Waals surface area contributed by atoms with Crippen LogP contribution in [0.2, 0.25) is 5.02 Å². The Bertz CT molecular complexity index is 709. The Balaban J connectivity index is 1.85. The van der Waals surface area contributed by atoms with Crippen LogP contribution in [-0.4, -0.2) is 13.0 Å². The van der Waals surface area contributed by atoms with Crippen molar-refractivity contribution in [2.24, 2.45) is 0 Å². The van der Waals surface area contributed by atoms with E-state index in [-0.39, 0.29) is 18.3 Å². The number of halogens is 3. The summed E-state index contributed by atoms with van der Waals surface area (Å²) in [6.07, 6.45) is 0.856. The molecule has 0 bridgehead atoms. The van der Waals surface area contributed by atoms with Crippen molar-refractivity contribution in [3.63, 3.8) is 0 Å². The lowest BCUT2D eigenvalue weighted by Gasteiger charge is -2.08. The third kappa shape index (κ3) is 5.22. The number of hydrogen-bond acceptors (Lipinski definition) is 2. The number of carbonyl (C=O) groups excluding carboxylic acids is 1. The molecule has 0 unspecified atom stereocenters. The molecule has 0 spiro atoms. The third-order valence-corrected chi connectivity index (χ3v) is 4.13. The van der Waals surface area contributed by atoms with Crippen LogP contribution in [0.1, 0.15) is 17.5 Å². The highest BCUT2D eigenvalue weighted by Gasteiger charge is 2.07. The van der Waals surface area contributed by atoms with Gasteiger partial charge in [-0.25, -0.2) is 4.39 Å². The zero-order valence-electron chi connectivity index (χ0n) is 12.5. The van der Waals surface area contributed by atoms with Gasteiger partial charge in [-0.2, -0.15) is 0 Å². The number of hydrogen-bond donors (Lipinski definition) is 1. The van der Waals surface area contributed by atoms with Crippen LogP contribution in [0.25, 0.3) is 0 Å². The largest absolute Gasteiger partial charge is 0.495 e. The minimum absolute atomic E-state index is 0.142. The van der Waals surface area contributed by atoms with Gasteiger partial charge in [0.25, 0.3) is 0 Å². The van der Waals surface area contributed by atoms with Crippen LogP contribution in [-0.2, 0) is 17.8 Å². The number of benzene rings is 2. The quantitative estimate of drug-likeness (QED) is 0.775. The lowest BCUT2D eigenvalue weighted by atomic mass is 10.1. The highest BCUT2D eigenvalue weighted by molar-refractivity contribution is 9.10. The highest BCUT2D eigenvalue weighted by atomic mass is 79.9. The molecule has 0 fully saturated rings. The molecule has 1 N–H and O–H groups in total. The number of aryl methyl sites for hydroxylation is 1. The predicted octanol–water partition coefficient (Wildman–Crippen LogP) is 4.50. The Morgan fingerprint density at radius 2 is 2.09 bits per heavy atom. The summed E-state index contributed by atoms with van der Waals surface area (Å²) in [6, 6.07) is 10.1.